The third-order valence-corrected chi connectivity index (χ3v) is 4.55. The van der Waals surface area contributed by atoms with E-state index in [1.165, 1.54) is 5.56 Å². The van der Waals surface area contributed by atoms with Gasteiger partial charge in [0.25, 0.3) is 0 Å². The van der Waals surface area contributed by atoms with Crippen LogP contribution in [0.5, 0.6) is 0 Å². The van der Waals surface area contributed by atoms with Gasteiger partial charge in [-0.15, -0.1) is 24.0 Å². The topological polar surface area (TPSA) is 54.2 Å². The van der Waals surface area contributed by atoms with Crippen LogP contribution in [0.4, 0.5) is 0 Å². The first-order valence-corrected chi connectivity index (χ1v) is 9.16. The van der Waals surface area contributed by atoms with Gasteiger partial charge >= 0.3 is 0 Å². The third kappa shape index (κ3) is 5.45. The van der Waals surface area contributed by atoms with Crippen molar-refractivity contribution < 1.29 is 0 Å². The summed E-state index contributed by atoms with van der Waals surface area (Å²) in [6.45, 7) is 6.50. The lowest BCUT2D eigenvalue weighted by Crippen LogP contribution is -2.39. The molecule has 1 aromatic heterocycles. The molecule has 0 aliphatic heterocycles. The molecule has 0 amide bonds. The lowest BCUT2D eigenvalue weighted by Gasteiger charge is -2.16. The number of nitrogens with one attached hydrogen (secondary N) is 2. The van der Waals surface area contributed by atoms with Crippen molar-refractivity contribution in [3.63, 3.8) is 0 Å². The zero-order chi connectivity index (χ0) is 18.4. The number of aryl methyl sites for hydroxylation is 1. The van der Waals surface area contributed by atoms with E-state index in [1.807, 2.05) is 31.3 Å². The molecule has 0 fully saturated rings. The Hall–Kier alpha value is -2.09. The molecule has 0 radical (unpaired) electrons. The van der Waals surface area contributed by atoms with Crippen molar-refractivity contribution in [2.75, 3.05) is 13.1 Å². The first-order valence-electron chi connectivity index (χ1n) is 9.16. The second kappa shape index (κ2) is 10.3. The second-order valence-corrected chi connectivity index (χ2v) is 6.46. The summed E-state index contributed by atoms with van der Waals surface area (Å²) in [4.78, 5) is 9.40. The molecule has 1 atom stereocenters. The van der Waals surface area contributed by atoms with E-state index >= 15 is 0 Å². The summed E-state index contributed by atoms with van der Waals surface area (Å²) >= 11 is 0. The van der Waals surface area contributed by atoms with E-state index in [2.05, 4.69) is 64.4 Å². The molecule has 0 saturated carbocycles. The van der Waals surface area contributed by atoms with E-state index in [9.17, 15) is 0 Å². The number of fused-ring (bicyclic) bond motifs is 1. The molecule has 5 nitrogen and oxygen atoms in total. The van der Waals surface area contributed by atoms with Gasteiger partial charge in [0.15, 0.2) is 5.96 Å². The number of hydrogen-bond donors (Lipinski definition) is 2. The molecule has 1 unspecified atom stereocenters. The van der Waals surface area contributed by atoms with Gasteiger partial charge in [-0.2, -0.15) is 0 Å². The largest absolute Gasteiger partial charge is 0.357 e. The monoisotopic (exact) mass is 477 g/mol. The Morgan fingerprint density at radius 3 is 2.48 bits per heavy atom. The van der Waals surface area contributed by atoms with Crippen LogP contribution in [0, 0.1) is 0 Å². The first kappa shape index (κ1) is 21.2. The number of aromatic nitrogens is 2. The number of nitrogens with zero attached hydrogens (tertiary/aromatic N) is 3. The molecule has 2 N–H and O–H groups in total. The van der Waals surface area contributed by atoms with E-state index in [1.54, 1.807) is 0 Å². The number of guanidine groups is 1. The highest BCUT2D eigenvalue weighted by molar-refractivity contribution is 14.0. The van der Waals surface area contributed by atoms with E-state index < -0.39 is 0 Å². The zero-order valence-corrected chi connectivity index (χ0v) is 18.5. The molecule has 3 aromatic rings. The van der Waals surface area contributed by atoms with Crippen molar-refractivity contribution in [3.8, 4) is 0 Å². The lowest BCUT2D eigenvalue weighted by atomic mass is 10.0. The molecular weight excluding hydrogens is 449 g/mol. The molecule has 3 rings (SSSR count). The Bertz CT molecular complexity index is 873. The van der Waals surface area contributed by atoms with Crippen LogP contribution in [-0.4, -0.2) is 28.6 Å². The number of para-hydroxylation sites is 2. The van der Waals surface area contributed by atoms with Gasteiger partial charge < -0.3 is 15.2 Å². The molecule has 0 aliphatic rings. The smallest absolute Gasteiger partial charge is 0.191 e. The maximum atomic E-state index is 4.72. The van der Waals surface area contributed by atoms with Gasteiger partial charge in [-0.1, -0.05) is 49.4 Å². The molecule has 27 heavy (non-hydrogen) atoms. The minimum absolute atomic E-state index is 0. The molecule has 0 bridgehead atoms. The van der Waals surface area contributed by atoms with Gasteiger partial charge in [-0.05, 0) is 30.5 Å². The van der Waals surface area contributed by atoms with Crippen molar-refractivity contribution in [3.05, 3.63) is 66.0 Å². The predicted molar refractivity (Wildman–Crippen MR) is 124 cm³/mol. The maximum Gasteiger partial charge on any atom is 0.191 e. The quantitative estimate of drug-likeness (QED) is 0.320. The SMILES string of the molecule is CCNC(=NCc1nc2ccccc2n1C)NCC(C)c1ccccc1.I. The van der Waals surface area contributed by atoms with Gasteiger partial charge in [0.2, 0.25) is 0 Å². The normalized spacial score (nSPS) is 12.5. The Morgan fingerprint density at radius 2 is 1.78 bits per heavy atom. The van der Waals surface area contributed by atoms with Crippen molar-refractivity contribution in [1.82, 2.24) is 20.2 Å². The summed E-state index contributed by atoms with van der Waals surface area (Å²) in [5, 5.41) is 6.76. The number of hydrogen-bond acceptors (Lipinski definition) is 2. The molecule has 0 saturated heterocycles. The Balaban J connectivity index is 0.00000261. The molecule has 1 heterocycles. The molecular formula is C21H28IN5. The van der Waals surface area contributed by atoms with Crippen molar-refractivity contribution in [1.29, 1.82) is 0 Å². The van der Waals surface area contributed by atoms with Crippen LogP contribution in [0.3, 0.4) is 0 Å². The van der Waals surface area contributed by atoms with Crippen LogP contribution in [0.2, 0.25) is 0 Å². The minimum atomic E-state index is 0. The predicted octanol–water partition coefficient (Wildman–Crippen LogP) is 4.05. The summed E-state index contributed by atoms with van der Waals surface area (Å²) in [6, 6.07) is 18.7. The summed E-state index contributed by atoms with van der Waals surface area (Å²) in [7, 11) is 2.04. The molecule has 2 aromatic carbocycles. The minimum Gasteiger partial charge on any atom is -0.357 e. The number of rotatable bonds is 6. The highest BCUT2D eigenvalue weighted by atomic mass is 127. The van der Waals surface area contributed by atoms with Gasteiger partial charge in [-0.3, -0.25) is 0 Å². The maximum absolute atomic E-state index is 4.72. The highest BCUT2D eigenvalue weighted by Crippen LogP contribution is 2.15. The van der Waals surface area contributed by atoms with E-state index in [-0.39, 0.29) is 24.0 Å². The van der Waals surface area contributed by atoms with Crippen molar-refractivity contribution in [2.24, 2.45) is 12.0 Å². The fourth-order valence-electron chi connectivity index (χ4n) is 2.98. The molecule has 0 aliphatic carbocycles. The first-order chi connectivity index (χ1) is 12.7. The summed E-state index contributed by atoms with van der Waals surface area (Å²) in [6.07, 6.45) is 0. The van der Waals surface area contributed by atoms with Crippen LogP contribution < -0.4 is 10.6 Å². The van der Waals surface area contributed by atoms with Gasteiger partial charge in [-0.25, -0.2) is 9.98 Å². The van der Waals surface area contributed by atoms with Gasteiger partial charge in [0.05, 0.1) is 11.0 Å². The Morgan fingerprint density at radius 1 is 1.07 bits per heavy atom. The fraction of sp³-hybridized carbons (Fsp3) is 0.333. The third-order valence-electron chi connectivity index (χ3n) is 4.55. The second-order valence-electron chi connectivity index (χ2n) is 6.46. The van der Waals surface area contributed by atoms with Crippen LogP contribution in [-0.2, 0) is 13.6 Å². The number of benzene rings is 2. The van der Waals surface area contributed by atoms with Gasteiger partial charge in [0.1, 0.15) is 12.4 Å². The molecule has 6 heteroatoms. The molecule has 0 spiro atoms. The fourth-order valence-corrected chi connectivity index (χ4v) is 2.98. The average molecular weight is 477 g/mol. The standard InChI is InChI=1S/C21H27N5.HI/c1-4-22-21(23-14-16(2)17-10-6-5-7-11-17)24-15-20-25-18-12-8-9-13-19(18)26(20)3;/h5-13,16H,4,14-15H2,1-3H3,(H2,22,23,24);1H. The zero-order valence-electron chi connectivity index (χ0n) is 16.1. The van der Waals surface area contributed by atoms with Crippen LogP contribution in [0.1, 0.15) is 31.2 Å². The average Bonchev–Trinajstić information content (AvgIpc) is 3.00. The van der Waals surface area contributed by atoms with E-state index in [0.717, 1.165) is 35.9 Å². The summed E-state index contributed by atoms with van der Waals surface area (Å²) in [5.74, 6) is 2.19. The Kier molecular flexibility index (Phi) is 8.09. The summed E-state index contributed by atoms with van der Waals surface area (Å²) in [5.41, 5.74) is 3.47. The van der Waals surface area contributed by atoms with E-state index in [0.29, 0.717) is 12.5 Å². The van der Waals surface area contributed by atoms with Crippen LogP contribution in [0.25, 0.3) is 11.0 Å². The Labute approximate surface area is 178 Å². The number of imidazole rings is 1. The summed E-state index contributed by atoms with van der Waals surface area (Å²) < 4.78 is 2.11. The molecule has 144 valence electrons. The van der Waals surface area contributed by atoms with Crippen molar-refractivity contribution >= 4 is 41.0 Å². The van der Waals surface area contributed by atoms with Gasteiger partial charge in [0, 0.05) is 20.1 Å². The van der Waals surface area contributed by atoms with Crippen LogP contribution >= 0.6 is 24.0 Å². The van der Waals surface area contributed by atoms with Crippen molar-refractivity contribution in [2.45, 2.75) is 26.3 Å². The number of aliphatic imine (C=N–C) groups is 1. The lowest BCUT2D eigenvalue weighted by molar-refractivity contribution is 0.696. The number of halogens is 1. The van der Waals surface area contributed by atoms with Crippen LogP contribution in [0.15, 0.2) is 59.6 Å². The van der Waals surface area contributed by atoms with E-state index in [4.69, 9.17) is 4.99 Å². The highest BCUT2D eigenvalue weighted by Gasteiger charge is 2.08.